The van der Waals surface area contributed by atoms with Crippen molar-refractivity contribution in [1.82, 2.24) is 9.97 Å². The molecular formula is C12H19N3O2. The average molecular weight is 237 g/mol. The molecule has 1 unspecified atom stereocenters. The molecule has 0 aromatic carbocycles. The number of nitrogens with one attached hydrogen (secondary N) is 1. The van der Waals surface area contributed by atoms with Gasteiger partial charge in [0, 0.05) is 25.8 Å². The zero-order valence-electron chi connectivity index (χ0n) is 10.2. The lowest BCUT2D eigenvalue weighted by molar-refractivity contribution is 0.0439. The second-order valence-corrected chi connectivity index (χ2v) is 4.35. The molecule has 0 spiro atoms. The van der Waals surface area contributed by atoms with Gasteiger partial charge in [-0.1, -0.05) is 6.92 Å². The Kier molecular flexibility index (Phi) is 4.14. The Hall–Kier alpha value is -1.36. The van der Waals surface area contributed by atoms with Crippen LogP contribution in [0.2, 0.25) is 0 Å². The number of ether oxygens (including phenoxy) is 1. The Morgan fingerprint density at radius 3 is 3.29 bits per heavy atom. The fraction of sp³-hybridized carbons (Fsp3) is 0.667. The van der Waals surface area contributed by atoms with E-state index in [4.69, 9.17) is 4.74 Å². The number of aromatic nitrogens is 2. The number of hydrogen-bond acceptors (Lipinski definition) is 4. The van der Waals surface area contributed by atoms with Crippen LogP contribution in [0.3, 0.4) is 0 Å². The van der Waals surface area contributed by atoms with Crippen LogP contribution in [0.5, 0.6) is 0 Å². The maximum absolute atomic E-state index is 11.2. The van der Waals surface area contributed by atoms with E-state index in [1.54, 1.807) is 6.07 Å². The second-order valence-electron chi connectivity index (χ2n) is 4.35. The average Bonchev–Trinajstić information content (AvgIpc) is 2.37. The van der Waals surface area contributed by atoms with Crippen molar-refractivity contribution >= 4 is 5.82 Å². The van der Waals surface area contributed by atoms with Crippen LogP contribution in [0, 0.1) is 0 Å². The smallest absolute Gasteiger partial charge is 0.252 e. The van der Waals surface area contributed by atoms with Gasteiger partial charge in [-0.25, -0.2) is 4.98 Å². The van der Waals surface area contributed by atoms with Crippen molar-refractivity contribution in [2.24, 2.45) is 0 Å². The van der Waals surface area contributed by atoms with E-state index < -0.39 is 0 Å². The van der Waals surface area contributed by atoms with Gasteiger partial charge in [0.05, 0.1) is 12.4 Å². The summed E-state index contributed by atoms with van der Waals surface area (Å²) in [5, 5.41) is 0. The quantitative estimate of drug-likeness (QED) is 0.854. The zero-order chi connectivity index (χ0) is 12.1. The molecule has 1 aromatic rings. The maximum atomic E-state index is 11.2. The Morgan fingerprint density at radius 2 is 2.53 bits per heavy atom. The van der Waals surface area contributed by atoms with Gasteiger partial charge in [-0.05, 0) is 19.3 Å². The summed E-state index contributed by atoms with van der Waals surface area (Å²) in [6.45, 7) is 4.69. The number of aromatic amines is 1. The highest BCUT2D eigenvalue weighted by molar-refractivity contribution is 5.37. The highest BCUT2D eigenvalue weighted by Gasteiger charge is 2.21. The number of rotatable bonds is 4. The minimum absolute atomic E-state index is 0.105. The first-order chi connectivity index (χ1) is 8.29. The summed E-state index contributed by atoms with van der Waals surface area (Å²) >= 11 is 0. The van der Waals surface area contributed by atoms with Gasteiger partial charge in [-0.2, -0.15) is 0 Å². The molecule has 0 amide bonds. The highest BCUT2D eigenvalue weighted by Crippen LogP contribution is 2.18. The molecule has 94 valence electrons. The van der Waals surface area contributed by atoms with Gasteiger partial charge in [0.15, 0.2) is 0 Å². The van der Waals surface area contributed by atoms with E-state index in [0.29, 0.717) is 0 Å². The highest BCUT2D eigenvalue weighted by atomic mass is 16.5. The number of H-pyrrole nitrogens is 1. The predicted molar refractivity (Wildman–Crippen MR) is 66.3 cm³/mol. The van der Waals surface area contributed by atoms with Crippen molar-refractivity contribution in [3.8, 4) is 0 Å². The third-order valence-corrected chi connectivity index (χ3v) is 2.92. The molecule has 0 bridgehead atoms. The van der Waals surface area contributed by atoms with Gasteiger partial charge in [-0.3, -0.25) is 4.79 Å². The van der Waals surface area contributed by atoms with E-state index in [1.165, 1.54) is 6.33 Å². The van der Waals surface area contributed by atoms with E-state index >= 15 is 0 Å². The molecule has 2 heterocycles. The standard InChI is InChI=1S/C12H19N3O2/c1-2-6-17-10-4-3-5-15(8-10)11-7-12(16)14-9-13-11/h7,9-10H,2-6,8H2,1H3,(H,13,14,16). The molecule has 1 aromatic heterocycles. The van der Waals surface area contributed by atoms with Gasteiger partial charge in [0.2, 0.25) is 0 Å². The maximum Gasteiger partial charge on any atom is 0.252 e. The molecule has 0 aliphatic carbocycles. The van der Waals surface area contributed by atoms with Gasteiger partial charge < -0.3 is 14.6 Å². The third kappa shape index (κ3) is 3.30. The van der Waals surface area contributed by atoms with Crippen LogP contribution in [-0.4, -0.2) is 35.8 Å². The van der Waals surface area contributed by atoms with Crippen molar-refractivity contribution < 1.29 is 4.74 Å². The molecule has 2 rings (SSSR count). The largest absolute Gasteiger partial charge is 0.376 e. The summed E-state index contributed by atoms with van der Waals surface area (Å²) in [7, 11) is 0. The monoisotopic (exact) mass is 237 g/mol. The zero-order valence-corrected chi connectivity index (χ0v) is 10.2. The molecule has 0 radical (unpaired) electrons. The molecule has 1 aliphatic rings. The summed E-state index contributed by atoms with van der Waals surface area (Å²) in [5.41, 5.74) is -0.105. The van der Waals surface area contributed by atoms with Crippen LogP contribution in [0.1, 0.15) is 26.2 Å². The van der Waals surface area contributed by atoms with Crippen molar-refractivity contribution in [2.45, 2.75) is 32.3 Å². The van der Waals surface area contributed by atoms with Gasteiger partial charge >= 0.3 is 0 Å². The van der Waals surface area contributed by atoms with Crippen LogP contribution in [0.15, 0.2) is 17.2 Å². The first-order valence-electron chi connectivity index (χ1n) is 6.21. The Balaban J connectivity index is 1.99. The van der Waals surface area contributed by atoms with Crippen molar-refractivity contribution in [2.75, 3.05) is 24.6 Å². The van der Waals surface area contributed by atoms with Crippen LogP contribution in [0.25, 0.3) is 0 Å². The topological polar surface area (TPSA) is 58.2 Å². The van der Waals surface area contributed by atoms with Crippen molar-refractivity contribution in [3.05, 3.63) is 22.7 Å². The minimum atomic E-state index is -0.105. The lowest BCUT2D eigenvalue weighted by atomic mass is 10.1. The first-order valence-corrected chi connectivity index (χ1v) is 6.21. The Morgan fingerprint density at radius 1 is 1.65 bits per heavy atom. The van der Waals surface area contributed by atoms with Gasteiger partial charge in [0.1, 0.15) is 5.82 Å². The molecule has 1 N–H and O–H groups in total. The van der Waals surface area contributed by atoms with Crippen LogP contribution >= 0.6 is 0 Å². The van der Waals surface area contributed by atoms with E-state index in [9.17, 15) is 4.79 Å². The normalized spacial score (nSPS) is 20.5. The fourth-order valence-corrected chi connectivity index (χ4v) is 2.10. The first kappa shape index (κ1) is 12.1. The molecular weight excluding hydrogens is 218 g/mol. The molecule has 1 saturated heterocycles. The SMILES string of the molecule is CCCOC1CCCN(c2cc(=O)[nH]cn2)C1. The van der Waals surface area contributed by atoms with Crippen LogP contribution in [-0.2, 0) is 4.74 Å². The number of hydrogen-bond donors (Lipinski definition) is 1. The van der Waals surface area contributed by atoms with Crippen LogP contribution < -0.4 is 10.5 Å². The third-order valence-electron chi connectivity index (χ3n) is 2.92. The van der Waals surface area contributed by atoms with Gasteiger partial charge in [-0.15, -0.1) is 0 Å². The fourth-order valence-electron chi connectivity index (χ4n) is 2.10. The number of anilines is 1. The molecule has 5 heteroatoms. The van der Waals surface area contributed by atoms with Crippen molar-refractivity contribution in [3.63, 3.8) is 0 Å². The molecule has 1 aliphatic heterocycles. The predicted octanol–water partition coefficient (Wildman–Crippen LogP) is 1.17. The summed E-state index contributed by atoms with van der Waals surface area (Å²) < 4.78 is 5.76. The lowest BCUT2D eigenvalue weighted by Gasteiger charge is -2.33. The van der Waals surface area contributed by atoms with Gasteiger partial charge in [0.25, 0.3) is 5.56 Å². The molecule has 17 heavy (non-hydrogen) atoms. The van der Waals surface area contributed by atoms with E-state index in [2.05, 4.69) is 21.8 Å². The second kappa shape index (κ2) is 5.82. The van der Waals surface area contributed by atoms with Crippen LogP contribution in [0.4, 0.5) is 5.82 Å². The minimum Gasteiger partial charge on any atom is -0.376 e. The summed E-state index contributed by atoms with van der Waals surface area (Å²) in [5.74, 6) is 0.749. The molecule has 1 fully saturated rings. The molecule has 5 nitrogen and oxygen atoms in total. The number of piperidine rings is 1. The summed E-state index contributed by atoms with van der Waals surface area (Å²) in [6.07, 6.45) is 4.95. The Bertz CT molecular complexity index is 405. The van der Waals surface area contributed by atoms with Crippen molar-refractivity contribution in [1.29, 1.82) is 0 Å². The molecule has 1 atom stereocenters. The Labute approximate surface area is 101 Å². The van der Waals surface area contributed by atoms with E-state index in [1.807, 2.05) is 0 Å². The van der Waals surface area contributed by atoms with E-state index in [-0.39, 0.29) is 11.7 Å². The summed E-state index contributed by atoms with van der Waals surface area (Å²) in [4.78, 5) is 20.1. The lowest BCUT2D eigenvalue weighted by Crippen LogP contribution is -2.40. The number of nitrogens with zero attached hydrogens (tertiary/aromatic N) is 2. The van der Waals surface area contributed by atoms with E-state index in [0.717, 1.165) is 44.8 Å². The summed E-state index contributed by atoms with van der Waals surface area (Å²) in [6, 6.07) is 1.54. The molecule has 0 saturated carbocycles.